The Bertz CT molecular complexity index is 1400. The maximum absolute atomic E-state index is 13.6. The van der Waals surface area contributed by atoms with Gasteiger partial charge in [-0.15, -0.1) is 0 Å². The zero-order chi connectivity index (χ0) is 28.0. The van der Waals surface area contributed by atoms with Crippen molar-refractivity contribution in [2.45, 2.75) is 62.7 Å². The highest BCUT2D eigenvalue weighted by atomic mass is 32.2. The Balaban J connectivity index is 1.50. The molecule has 10 nitrogen and oxygen atoms in total. The summed E-state index contributed by atoms with van der Waals surface area (Å²) in [5.41, 5.74) is 0.289. The molecule has 0 unspecified atom stereocenters. The van der Waals surface area contributed by atoms with E-state index in [9.17, 15) is 31.2 Å². The van der Waals surface area contributed by atoms with Crippen LogP contribution < -0.4 is 20.1 Å². The number of hydrogen-bond donors (Lipinski definition) is 2. The van der Waals surface area contributed by atoms with Crippen LogP contribution in [-0.2, 0) is 26.6 Å². The van der Waals surface area contributed by atoms with E-state index in [2.05, 4.69) is 10.6 Å². The number of hydrogen-bond acceptors (Lipinski definition) is 7. The van der Waals surface area contributed by atoms with Crippen LogP contribution in [0.2, 0.25) is 0 Å². The number of anilines is 1. The lowest BCUT2D eigenvalue weighted by atomic mass is 9.77. The van der Waals surface area contributed by atoms with E-state index in [4.69, 9.17) is 14.6 Å². The number of carbonyl (C=O) groups is 2. The molecule has 2 aliphatic heterocycles. The first kappa shape index (κ1) is 27.3. The Morgan fingerprint density at radius 3 is 2.72 bits per heavy atom. The molecule has 1 aliphatic carbocycles. The van der Waals surface area contributed by atoms with Crippen LogP contribution in [0.4, 0.5) is 19.0 Å². The molecule has 39 heavy (non-hydrogen) atoms. The minimum Gasteiger partial charge on any atom is -0.493 e. The molecule has 1 spiro atoms. The van der Waals surface area contributed by atoms with Crippen molar-refractivity contribution in [3.63, 3.8) is 0 Å². The van der Waals surface area contributed by atoms with Crippen LogP contribution in [0.3, 0.4) is 0 Å². The van der Waals surface area contributed by atoms with Gasteiger partial charge in [-0.3, -0.25) is 9.59 Å². The topological polar surface area (TPSA) is 129 Å². The standard InChI is InChI=1S/C25H29F3N4O6S/c1-39(35,36)13-20(33)29-22-21-18(31-32(22)15-5-3-2-4-6-15)12-24(30-23(21)34)9-10-37-19-11-16(7-8-17(19)24)38-14-25(26,27)28/h7-8,11,15H,2-6,9-10,12-14H2,1H3,(H,29,33)(H,30,34)/t24-/m0/s1. The van der Waals surface area contributed by atoms with Gasteiger partial charge in [-0.05, 0) is 25.0 Å². The van der Waals surface area contributed by atoms with Crippen molar-refractivity contribution in [3.8, 4) is 11.5 Å². The first-order valence-electron chi connectivity index (χ1n) is 12.7. The van der Waals surface area contributed by atoms with E-state index in [1.54, 1.807) is 10.7 Å². The van der Waals surface area contributed by atoms with Gasteiger partial charge in [0.15, 0.2) is 16.4 Å². The largest absolute Gasteiger partial charge is 0.493 e. The average Bonchev–Trinajstić information content (AvgIpc) is 3.19. The molecule has 1 fully saturated rings. The summed E-state index contributed by atoms with van der Waals surface area (Å²) < 4.78 is 73.5. The fraction of sp³-hybridized carbons (Fsp3) is 0.560. The van der Waals surface area contributed by atoms with Gasteiger partial charge in [0.2, 0.25) is 5.91 Å². The lowest BCUT2D eigenvalue weighted by molar-refractivity contribution is -0.153. The summed E-state index contributed by atoms with van der Waals surface area (Å²) in [4.78, 5) is 26.2. The lowest BCUT2D eigenvalue weighted by Crippen LogP contribution is -2.53. The van der Waals surface area contributed by atoms with E-state index in [0.29, 0.717) is 23.4 Å². The fourth-order valence-electron chi connectivity index (χ4n) is 5.63. The second-order valence-corrected chi connectivity index (χ2v) is 12.5. The van der Waals surface area contributed by atoms with Crippen LogP contribution in [0.5, 0.6) is 11.5 Å². The van der Waals surface area contributed by atoms with Gasteiger partial charge in [-0.2, -0.15) is 18.3 Å². The summed E-state index contributed by atoms with van der Waals surface area (Å²) >= 11 is 0. The average molecular weight is 571 g/mol. The molecular weight excluding hydrogens is 541 g/mol. The smallest absolute Gasteiger partial charge is 0.422 e. The van der Waals surface area contributed by atoms with E-state index in [1.165, 1.54) is 12.1 Å². The van der Waals surface area contributed by atoms with Crippen molar-refractivity contribution in [2.75, 3.05) is 30.5 Å². The molecule has 1 aromatic heterocycles. The van der Waals surface area contributed by atoms with Crippen LogP contribution in [0.15, 0.2) is 18.2 Å². The molecule has 14 heteroatoms. The summed E-state index contributed by atoms with van der Waals surface area (Å²) in [7, 11) is -3.60. The lowest BCUT2D eigenvalue weighted by Gasteiger charge is -2.41. The Morgan fingerprint density at radius 2 is 2.03 bits per heavy atom. The van der Waals surface area contributed by atoms with Crippen molar-refractivity contribution in [2.24, 2.45) is 0 Å². The van der Waals surface area contributed by atoms with E-state index in [-0.39, 0.29) is 36.2 Å². The van der Waals surface area contributed by atoms with E-state index in [0.717, 1.165) is 38.4 Å². The third kappa shape index (κ3) is 5.85. The highest BCUT2D eigenvalue weighted by Crippen LogP contribution is 2.45. The number of fused-ring (bicyclic) bond motifs is 3. The first-order chi connectivity index (χ1) is 18.3. The summed E-state index contributed by atoms with van der Waals surface area (Å²) in [6.07, 6.45) is 1.72. The number of nitrogens with zero attached hydrogens (tertiary/aromatic N) is 2. The van der Waals surface area contributed by atoms with Crippen LogP contribution >= 0.6 is 0 Å². The van der Waals surface area contributed by atoms with Gasteiger partial charge in [0.25, 0.3) is 5.91 Å². The minimum atomic E-state index is -4.49. The molecule has 1 aromatic carbocycles. The van der Waals surface area contributed by atoms with Crippen molar-refractivity contribution in [1.82, 2.24) is 15.1 Å². The molecule has 2 amide bonds. The number of aromatic nitrogens is 2. The number of benzene rings is 1. The monoisotopic (exact) mass is 570 g/mol. The van der Waals surface area contributed by atoms with Crippen LogP contribution in [-0.4, -0.2) is 61.4 Å². The molecule has 5 rings (SSSR count). The summed E-state index contributed by atoms with van der Waals surface area (Å²) in [6, 6.07) is 4.30. The number of nitrogens with one attached hydrogen (secondary N) is 2. The Kier molecular flexibility index (Phi) is 7.02. The Hall–Kier alpha value is -3.29. The van der Waals surface area contributed by atoms with Gasteiger partial charge >= 0.3 is 6.18 Å². The number of amides is 2. The molecule has 0 saturated heterocycles. The zero-order valence-corrected chi connectivity index (χ0v) is 22.1. The van der Waals surface area contributed by atoms with Crippen molar-refractivity contribution in [1.29, 1.82) is 0 Å². The summed E-state index contributed by atoms with van der Waals surface area (Å²) in [5, 5.41) is 10.4. The molecule has 1 saturated carbocycles. The van der Waals surface area contributed by atoms with Crippen molar-refractivity contribution in [3.05, 3.63) is 35.0 Å². The van der Waals surface area contributed by atoms with Gasteiger partial charge in [-0.25, -0.2) is 13.1 Å². The van der Waals surface area contributed by atoms with Crippen LogP contribution in [0.1, 0.15) is 66.2 Å². The third-order valence-corrected chi connectivity index (χ3v) is 8.05. The maximum Gasteiger partial charge on any atom is 0.422 e. The van der Waals surface area contributed by atoms with E-state index >= 15 is 0 Å². The predicted octanol–water partition coefficient (Wildman–Crippen LogP) is 3.28. The number of halogens is 3. The predicted molar refractivity (Wildman–Crippen MR) is 134 cm³/mol. The highest BCUT2D eigenvalue weighted by molar-refractivity contribution is 7.91. The number of carbonyl (C=O) groups excluding carboxylic acids is 2. The van der Waals surface area contributed by atoms with Crippen molar-refractivity contribution < 1.29 is 40.7 Å². The zero-order valence-electron chi connectivity index (χ0n) is 21.3. The van der Waals surface area contributed by atoms with Gasteiger partial charge in [-0.1, -0.05) is 19.3 Å². The maximum atomic E-state index is 13.6. The molecule has 2 aromatic rings. The van der Waals surface area contributed by atoms with Gasteiger partial charge in [0.1, 0.15) is 28.6 Å². The minimum absolute atomic E-state index is 0.0107. The van der Waals surface area contributed by atoms with Gasteiger partial charge in [0.05, 0.1) is 23.9 Å². The molecule has 1 atom stereocenters. The molecule has 212 valence electrons. The highest BCUT2D eigenvalue weighted by Gasteiger charge is 2.46. The third-order valence-electron chi connectivity index (χ3n) is 7.26. The van der Waals surface area contributed by atoms with Crippen LogP contribution in [0.25, 0.3) is 0 Å². The number of ether oxygens (including phenoxy) is 2. The molecule has 3 heterocycles. The molecular formula is C25H29F3N4O6S. The fourth-order valence-corrected chi connectivity index (χ4v) is 6.17. The summed E-state index contributed by atoms with van der Waals surface area (Å²) in [5.74, 6) is -1.50. The number of sulfone groups is 1. The number of alkyl halides is 3. The Morgan fingerprint density at radius 1 is 1.28 bits per heavy atom. The molecule has 3 aliphatic rings. The van der Waals surface area contributed by atoms with E-state index in [1.807, 2.05) is 0 Å². The molecule has 2 N–H and O–H groups in total. The number of rotatable bonds is 6. The summed E-state index contributed by atoms with van der Waals surface area (Å²) in [6.45, 7) is -1.24. The second-order valence-electron chi connectivity index (χ2n) is 10.4. The van der Waals surface area contributed by atoms with Crippen LogP contribution in [0, 0.1) is 0 Å². The molecule has 0 bridgehead atoms. The normalized spacial score (nSPS) is 21.5. The van der Waals surface area contributed by atoms with Gasteiger partial charge in [0, 0.05) is 30.7 Å². The SMILES string of the molecule is CS(=O)(=O)CC(=O)Nc1c2c(nn1C1CCCCC1)C[C@]1(CCOc3cc(OCC(F)(F)F)ccc31)NC2=O. The van der Waals surface area contributed by atoms with Crippen molar-refractivity contribution >= 4 is 27.5 Å². The Labute approximate surface area is 223 Å². The second kappa shape index (κ2) is 10.0. The quantitative estimate of drug-likeness (QED) is 0.546. The van der Waals surface area contributed by atoms with E-state index < -0.39 is 45.7 Å². The first-order valence-corrected chi connectivity index (χ1v) is 14.8. The molecule has 0 radical (unpaired) electrons. The van der Waals surface area contributed by atoms with Gasteiger partial charge < -0.3 is 20.1 Å².